The van der Waals surface area contributed by atoms with Crippen molar-refractivity contribution in [2.75, 3.05) is 0 Å². The highest BCUT2D eigenvalue weighted by Gasteiger charge is 2.36. The minimum Gasteiger partial charge on any atom is -0.508 e. The van der Waals surface area contributed by atoms with Crippen molar-refractivity contribution in [3.05, 3.63) is 60.4 Å². The Labute approximate surface area is 139 Å². The Hall–Kier alpha value is -3.22. The molecule has 4 rings (SSSR count). The van der Waals surface area contributed by atoms with Gasteiger partial charge in [0.15, 0.2) is 11.5 Å². The second kappa shape index (κ2) is 5.41. The van der Waals surface area contributed by atoms with Crippen LogP contribution in [0.15, 0.2) is 54.7 Å². The molecule has 0 spiro atoms. The van der Waals surface area contributed by atoms with E-state index in [9.17, 15) is 18.3 Å². The van der Waals surface area contributed by atoms with Gasteiger partial charge in [0.05, 0.1) is 16.4 Å². The molecule has 2 aromatic carbocycles. The molecular formula is C18H10F3N3O. The predicted molar refractivity (Wildman–Crippen MR) is 86.9 cm³/mol. The van der Waals surface area contributed by atoms with Crippen LogP contribution in [0.4, 0.5) is 13.2 Å². The highest BCUT2D eigenvalue weighted by molar-refractivity contribution is 6.04. The van der Waals surface area contributed by atoms with Crippen LogP contribution in [-0.2, 0) is 6.18 Å². The van der Waals surface area contributed by atoms with Crippen LogP contribution in [0.2, 0.25) is 0 Å². The second-order valence-electron chi connectivity index (χ2n) is 5.48. The number of hydrogen-bond donors (Lipinski definition) is 1. The Bertz CT molecular complexity index is 1090. The normalized spacial score (nSPS) is 12.0. The Morgan fingerprint density at radius 3 is 2.28 bits per heavy atom. The molecule has 0 fully saturated rings. The van der Waals surface area contributed by atoms with Crippen LogP contribution in [0.3, 0.4) is 0 Å². The van der Waals surface area contributed by atoms with Crippen molar-refractivity contribution in [3.8, 4) is 17.1 Å². The summed E-state index contributed by atoms with van der Waals surface area (Å²) in [6.07, 6.45) is -3.49. The van der Waals surface area contributed by atoms with Crippen molar-refractivity contribution in [2.24, 2.45) is 0 Å². The minimum absolute atomic E-state index is 0.00948. The van der Waals surface area contributed by atoms with Crippen LogP contribution in [0.5, 0.6) is 5.75 Å². The summed E-state index contributed by atoms with van der Waals surface area (Å²) in [6.45, 7) is 0. The third kappa shape index (κ3) is 2.63. The molecular weight excluding hydrogens is 331 g/mol. The summed E-state index contributed by atoms with van der Waals surface area (Å²) in [4.78, 5) is 12.2. The Balaban J connectivity index is 2.11. The van der Waals surface area contributed by atoms with Crippen LogP contribution in [0.25, 0.3) is 33.2 Å². The fourth-order valence-electron chi connectivity index (χ4n) is 2.67. The van der Waals surface area contributed by atoms with Crippen molar-refractivity contribution >= 4 is 21.8 Å². The molecule has 2 heterocycles. The average molecular weight is 341 g/mol. The summed E-state index contributed by atoms with van der Waals surface area (Å²) in [7, 11) is 0. The van der Waals surface area contributed by atoms with Crippen LogP contribution < -0.4 is 0 Å². The zero-order valence-corrected chi connectivity index (χ0v) is 12.6. The van der Waals surface area contributed by atoms with Gasteiger partial charge in [-0.25, -0.2) is 9.97 Å². The molecule has 2 aromatic heterocycles. The summed E-state index contributed by atoms with van der Waals surface area (Å²) in [5, 5.41) is 9.75. The van der Waals surface area contributed by atoms with Crippen LogP contribution >= 0.6 is 0 Å². The van der Waals surface area contributed by atoms with Crippen molar-refractivity contribution in [1.82, 2.24) is 15.0 Å². The molecule has 0 atom stereocenters. The Kier molecular flexibility index (Phi) is 3.31. The lowest BCUT2D eigenvalue weighted by Crippen LogP contribution is -2.11. The number of benzene rings is 2. The van der Waals surface area contributed by atoms with Gasteiger partial charge in [0.2, 0.25) is 0 Å². The van der Waals surface area contributed by atoms with E-state index in [1.54, 1.807) is 24.3 Å². The topological polar surface area (TPSA) is 58.9 Å². The molecule has 0 aliphatic rings. The maximum Gasteiger partial charge on any atom is 0.434 e. The number of aromatic nitrogens is 3. The lowest BCUT2D eigenvalue weighted by Gasteiger charge is -2.12. The number of halogens is 3. The van der Waals surface area contributed by atoms with Crippen molar-refractivity contribution in [3.63, 3.8) is 0 Å². The van der Waals surface area contributed by atoms with Gasteiger partial charge in [0.25, 0.3) is 0 Å². The van der Waals surface area contributed by atoms with E-state index >= 15 is 0 Å². The number of aromatic hydroxyl groups is 1. The number of nitrogens with zero attached hydrogens (tertiary/aromatic N) is 3. The molecule has 0 unspecified atom stereocenters. The maximum absolute atomic E-state index is 13.5. The summed E-state index contributed by atoms with van der Waals surface area (Å²) in [5.41, 5.74) is 0.0967. The quantitative estimate of drug-likeness (QED) is 0.515. The number of rotatable bonds is 1. The minimum atomic E-state index is -4.64. The van der Waals surface area contributed by atoms with Crippen LogP contribution in [0.1, 0.15) is 5.69 Å². The molecule has 124 valence electrons. The van der Waals surface area contributed by atoms with Crippen LogP contribution in [-0.4, -0.2) is 20.1 Å². The summed E-state index contributed by atoms with van der Waals surface area (Å²) in [6, 6.07) is 12.6. The second-order valence-corrected chi connectivity index (χ2v) is 5.48. The summed E-state index contributed by atoms with van der Waals surface area (Å²) < 4.78 is 40.6. The van der Waals surface area contributed by atoms with E-state index < -0.39 is 11.9 Å². The van der Waals surface area contributed by atoms with Crippen molar-refractivity contribution in [2.45, 2.75) is 6.18 Å². The van der Waals surface area contributed by atoms with E-state index in [0.29, 0.717) is 16.5 Å². The van der Waals surface area contributed by atoms with Crippen LogP contribution in [0, 0.1) is 0 Å². The molecule has 0 bridgehead atoms. The van der Waals surface area contributed by atoms with E-state index in [2.05, 4.69) is 15.0 Å². The number of phenolic OH excluding ortho intramolecular Hbond substituents is 1. The fourth-order valence-corrected chi connectivity index (χ4v) is 2.67. The van der Waals surface area contributed by atoms with Gasteiger partial charge in [-0.15, -0.1) is 0 Å². The first kappa shape index (κ1) is 15.3. The number of phenols is 1. The molecule has 0 aliphatic carbocycles. The number of hydrogen-bond acceptors (Lipinski definition) is 4. The van der Waals surface area contributed by atoms with Crippen molar-refractivity contribution in [1.29, 1.82) is 0 Å². The molecule has 0 amide bonds. The standard InChI is InChI=1S/C18H10F3N3O/c19-18(20,21)16-13-9-22-14-4-2-1-3-12(14)15(13)23-17(24-16)10-5-7-11(25)8-6-10/h1-9,25H. The van der Waals surface area contributed by atoms with Gasteiger partial charge < -0.3 is 5.11 Å². The number of fused-ring (bicyclic) bond motifs is 3. The van der Waals surface area contributed by atoms with Gasteiger partial charge in [-0.05, 0) is 30.3 Å². The third-order valence-electron chi connectivity index (χ3n) is 3.83. The average Bonchev–Trinajstić information content (AvgIpc) is 2.60. The first-order valence-electron chi connectivity index (χ1n) is 7.35. The molecule has 4 aromatic rings. The molecule has 0 saturated carbocycles. The Morgan fingerprint density at radius 1 is 0.840 bits per heavy atom. The molecule has 4 nitrogen and oxygen atoms in total. The molecule has 1 N–H and O–H groups in total. The molecule has 25 heavy (non-hydrogen) atoms. The number of para-hydroxylation sites is 1. The first-order valence-corrected chi connectivity index (χ1v) is 7.35. The highest BCUT2D eigenvalue weighted by atomic mass is 19.4. The van der Waals surface area contributed by atoms with Gasteiger partial charge in [-0.3, -0.25) is 4.98 Å². The lowest BCUT2D eigenvalue weighted by molar-refractivity contribution is -0.139. The fraction of sp³-hybridized carbons (Fsp3) is 0.0556. The first-order chi connectivity index (χ1) is 11.9. The van der Waals surface area contributed by atoms with Gasteiger partial charge in [0.1, 0.15) is 5.75 Å². The summed E-state index contributed by atoms with van der Waals surface area (Å²) in [5.74, 6) is -0.0496. The molecule has 0 saturated heterocycles. The molecule has 7 heteroatoms. The third-order valence-corrected chi connectivity index (χ3v) is 3.83. The van der Waals surface area contributed by atoms with Crippen molar-refractivity contribution < 1.29 is 18.3 Å². The van der Waals surface area contributed by atoms with Gasteiger partial charge in [-0.2, -0.15) is 13.2 Å². The smallest absolute Gasteiger partial charge is 0.434 e. The van der Waals surface area contributed by atoms with E-state index in [-0.39, 0.29) is 22.5 Å². The van der Waals surface area contributed by atoms with E-state index in [4.69, 9.17) is 0 Å². The maximum atomic E-state index is 13.5. The Morgan fingerprint density at radius 2 is 1.56 bits per heavy atom. The van der Waals surface area contributed by atoms with E-state index in [0.717, 1.165) is 6.20 Å². The zero-order chi connectivity index (χ0) is 17.6. The number of alkyl halides is 3. The van der Waals surface area contributed by atoms with E-state index in [1.165, 1.54) is 24.3 Å². The molecule has 0 aliphatic heterocycles. The monoisotopic (exact) mass is 341 g/mol. The SMILES string of the molecule is Oc1ccc(-c2nc(C(F)(F)F)c3cnc4ccccc4c3n2)cc1. The lowest BCUT2D eigenvalue weighted by atomic mass is 10.1. The zero-order valence-electron chi connectivity index (χ0n) is 12.6. The van der Waals surface area contributed by atoms with E-state index in [1.807, 2.05) is 0 Å². The van der Waals surface area contributed by atoms with Gasteiger partial charge >= 0.3 is 6.18 Å². The summed E-state index contributed by atoms with van der Waals surface area (Å²) >= 11 is 0. The highest BCUT2D eigenvalue weighted by Crippen LogP contribution is 2.36. The molecule has 0 radical (unpaired) electrons. The number of pyridine rings is 1. The van der Waals surface area contributed by atoms with Gasteiger partial charge in [0, 0.05) is 17.1 Å². The predicted octanol–water partition coefficient (Wildman–Crippen LogP) is 4.57. The van der Waals surface area contributed by atoms with Gasteiger partial charge in [-0.1, -0.05) is 18.2 Å². The largest absolute Gasteiger partial charge is 0.508 e.